The molecule has 0 N–H and O–H groups in total. The molecule has 2 aromatic rings. The zero-order valence-electron chi connectivity index (χ0n) is 10.6. The molecule has 4 heteroatoms. The molecule has 0 aliphatic rings. The quantitative estimate of drug-likeness (QED) is 0.633. The second-order valence-corrected chi connectivity index (χ2v) is 4.30. The van der Waals surface area contributed by atoms with E-state index in [1.807, 2.05) is 30.3 Å². The van der Waals surface area contributed by atoms with Gasteiger partial charge in [0.05, 0.1) is 19.2 Å². The third kappa shape index (κ3) is 2.88. The fourth-order valence-corrected chi connectivity index (χ4v) is 2.10. The van der Waals surface area contributed by atoms with Crippen molar-refractivity contribution in [3.05, 3.63) is 47.0 Å². The second kappa shape index (κ2) is 5.76. The van der Waals surface area contributed by atoms with Crippen molar-refractivity contribution >= 4 is 34.4 Å². The number of halogens is 1. The zero-order valence-corrected chi connectivity index (χ0v) is 11.4. The third-order valence-electron chi connectivity index (χ3n) is 2.78. The van der Waals surface area contributed by atoms with Crippen LogP contribution >= 0.6 is 11.6 Å². The summed E-state index contributed by atoms with van der Waals surface area (Å²) in [5.41, 5.74) is 0.902. The molecular weight excluding hydrogens is 264 g/mol. The van der Waals surface area contributed by atoms with Crippen LogP contribution in [0.2, 0.25) is 5.02 Å². The number of benzene rings is 2. The summed E-state index contributed by atoms with van der Waals surface area (Å²) in [6.45, 7) is 0. The molecule has 0 aliphatic carbocycles. The molecule has 0 unspecified atom stereocenters. The molecule has 2 aromatic carbocycles. The summed E-state index contributed by atoms with van der Waals surface area (Å²) in [5, 5.41) is 2.48. The first-order valence-electron chi connectivity index (χ1n) is 5.68. The van der Waals surface area contributed by atoms with Gasteiger partial charge in [0.2, 0.25) is 0 Å². The SMILES string of the molecule is COC(=O)C=Cc1ccc2c(Cl)c(OC)ccc2c1. The summed E-state index contributed by atoms with van der Waals surface area (Å²) in [5.74, 6) is 0.264. The van der Waals surface area contributed by atoms with Crippen LogP contribution in [0.4, 0.5) is 0 Å². The van der Waals surface area contributed by atoms with Crippen LogP contribution in [0.3, 0.4) is 0 Å². The highest BCUT2D eigenvalue weighted by atomic mass is 35.5. The maximum absolute atomic E-state index is 11.0. The minimum absolute atomic E-state index is 0.382. The van der Waals surface area contributed by atoms with E-state index in [0.29, 0.717) is 10.8 Å². The summed E-state index contributed by atoms with van der Waals surface area (Å²) >= 11 is 6.23. The molecular formula is C15H13ClO3. The van der Waals surface area contributed by atoms with E-state index in [2.05, 4.69) is 4.74 Å². The van der Waals surface area contributed by atoms with Crippen LogP contribution in [0.25, 0.3) is 16.8 Å². The van der Waals surface area contributed by atoms with Crippen molar-refractivity contribution < 1.29 is 14.3 Å². The molecule has 0 aliphatic heterocycles. The van der Waals surface area contributed by atoms with E-state index in [0.717, 1.165) is 16.3 Å². The van der Waals surface area contributed by atoms with Crippen molar-refractivity contribution in [1.29, 1.82) is 0 Å². The monoisotopic (exact) mass is 276 g/mol. The lowest BCUT2D eigenvalue weighted by Crippen LogP contribution is -1.93. The molecule has 0 spiro atoms. The van der Waals surface area contributed by atoms with Gasteiger partial charge in [0.15, 0.2) is 0 Å². The number of ether oxygens (including phenoxy) is 2. The Morgan fingerprint density at radius 2 is 2.00 bits per heavy atom. The van der Waals surface area contributed by atoms with Crippen LogP contribution < -0.4 is 4.74 Å². The summed E-state index contributed by atoms with van der Waals surface area (Å²) < 4.78 is 9.72. The van der Waals surface area contributed by atoms with Gasteiger partial charge in [-0.3, -0.25) is 0 Å². The van der Waals surface area contributed by atoms with Crippen LogP contribution in [0.15, 0.2) is 36.4 Å². The predicted molar refractivity (Wildman–Crippen MR) is 76.6 cm³/mol. The van der Waals surface area contributed by atoms with Crippen LogP contribution in [0.1, 0.15) is 5.56 Å². The normalized spacial score (nSPS) is 10.9. The topological polar surface area (TPSA) is 35.5 Å². The first-order valence-corrected chi connectivity index (χ1v) is 6.06. The first-order chi connectivity index (χ1) is 9.15. The molecule has 2 rings (SSSR count). The van der Waals surface area contributed by atoms with Gasteiger partial charge in [-0.15, -0.1) is 0 Å². The van der Waals surface area contributed by atoms with Gasteiger partial charge < -0.3 is 9.47 Å². The Bertz CT molecular complexity index is 647. The predicted octanol–water partition coefficient (Wildman–Crippen LogP) is 3.69. The third-order valence-corrected chi connectivity index (χ3v) is 3.17. The van der Waals surface area contributed by atoms with Crippen molar-refractivity contribution in [1.82, 2.24) is 0 Å². The van der Waals surface area contributed by atoms with E-state index < -0.39 is 0 Å². The molecule has 3 nitrogen and oxygen atoms in total. The number of fused-ring (bicyclic) bond motifs is 1. The standard InChI is InChI=1S/C15H13ClO3/c1-18-13-7-5-11-9-10(4-8-14(17)19-2)3-6-12(11)15(13)16/h3-9H,1-2H3. The summed E-state index contributed by atoms with van der Waals surface area (Å²) in [7, 11) is 2.93. The molecule has 0 heterocycles. The molecule has 98 valence electrons. The maximum atomic E-state index is 11.0. The number of rotatable bonds is 3. The van der Waals surface area contributed by atoms with Crippen LogP contribution in [-0.2, 0) is 9.53 Å². The number of hydrogen-bond acceptors (Lipinski definition) is 3. The van der Waals surface area contributed by atoms with E-state index in [1.165, 1.54) is 13.2 Å². The molecule has 0 radical (unpaired) electrons. The largest absolute Gasteiger partial charge is 0.495 e. The van der Waals surface area contributed by atoms with Gasteiger partial charge in [0, 0.05) is 11.5 Å². The summed E-state index contributed by atoms with van der Waals surface area (Å²) in [6.07, 6.45) is 3.08. The molecule has 0 atom stereocenters. The number of carbonyl (C=O) groups excluding carboxylic acids is 1. The molecule has 0 aromatic heterocycles. The average molecular weight is 277 g/mol. The molecule has 0 saturated carbocycles. The van der Waals surface area contributed by atoms with Gasteiger partial charge in [-0.05, 0) is 29.2 Å². The van der Waals surface area contributed by atoms with Gasteiger partial charge in [-0.2, -0.15) is 0 Å². The molecule has 0 bridgehead atoms. The van der Waals surface area contributed by atoms with E-state index in [-0.39, 0.29) is 5.97 Å². The molecule has 0 amide bonds. The van der Waals surface area contributed by atoms with Crippen LogP contribution in [-0.4, -0.2) is 20.2 Å². The van der Waals surface area contributed by atoms with Crippen molar-refractivity contribution in [2.45, 2.75) is 0 Å². The van der Waals surface area contributed by atoms with Crippen LogP contribution in [0.5, 0.6) is 5.75 Å². The number of hydrogen-bond donors (Lipinski definition) is 0. The minimum Gasteiger partial charge on any atom is -0.495 e. The van der Waals surface area contributed by atoms with Crippen molar-refractivity contribution in [3.63, 3.8) is 0 Å². The first kappa shape index (κ1) is 13.4. The van der Waals surface area contributed by atoms with E-state index in [4.69, 9.17) is 16.3 Å². The smallest absolute Gasteiger partial charge is 0.330 e. The fourth-order valence-electron chi connectivity index (χ4n) is 1.78. The van der Waals surface area contributed by atoms with Crippen LogP contribution in [0, 0.1) is 0 Å². The van der Waals surface area contributed by atoms with E-state index >= 15 is 0 Å². The van der Waals surface area contributed by atoms with Gasteiger partial charge in [-0.25, -0.2) is 4.79 Å². The second-order valence-electron chi connectivity index (χ2n) is 3.92. The minimum atomic E-state index is -0.382. The number of carbonyl (C=O) groups is 1. The van der Waals surface area contributed by atoms with E-state index in [9.17, 15) is 4.79 Å². The highest BCUT2D eigenvalue weighted by molar-refractivity contribution is 6.37. The number of esters is 1. The summed E-state index contributed by atoms with van der Waals surface area (Å²) in [4.78, 5) is 11.0. The number of methoxy groups -OCH3 is 2. The Labute approximate surface area is 116 Å². The Kier molecular flexibility index (Phi) is 4.07. The zero-order chi connectivity index (χ0) is 13.8. The van der Waals surface area contributed by atoms with E-state index in [1.54, 1.807) is 13.2 Å². The van der Waals surface area contributed by atoms with Gasteiger partial charge in [0.25, 0.3) is 0 Å². The highest BCUT2D eigenvalue weighted by Gasteiger charge is 2.05. The van der Waals surface area contributed by atoms with Crippen molar-refractivity contribution in [3.8, 4) is 5.75 Å². The lowest BCUT2D eigenvalue weighted by Gasteiger charge is -2.07. The molecule has 0 saturated heterocycles. The maximum Gasteiger partial charge on any atom is 0.330 e. The lowest BCUT2D eigenvalue weighted by molar-refractivity contribution is -0.134. The lowest BCUT2D eigenvalue weighted by atomic mass is 10.1. The van der Waals surface area contributed by atoms with Gasteiger partial charge in [0.1, 0.15) is 5.75 Å². The average Bonchev–Trinajstić information content (AvgIpc) is 2.45. The Hall–Kier alpha value is -2.00. The van der Waals surface area contributed by atoms with Crippen molar-refractivity contribution in [2.24, 2.45) is 0 Å². The van der Waals surface area contributed by atoms with Gasteiger partial charge in [-0.1, -0.05) is 29.8 Å². The Morgan fingerprint density at radius 3 is 2.68 bits per heavy atom. The fraction of sp³-hybridized carbons (Fsp3) is 0.133. The summed E-state index contributed by atoms with van der Waals surface area (Å²) in [6, 6.07) is 9.47. The molecule has 0 fully saturated rings. The Morgan fingerprint density at radius 1 is 1.21 bits per heavy atom. The van der Waals surface area contributed by atoms with Crippen molar-refractivity contribution in [2.75, 3.05) is 14.2 Å². The van der Waals surface area contributed by atoms with Gasteiger partial charge >= 0.3 is 5.97 Å². The highest BCUT2D eigenvalue weighted by Crippen LogP contribution is 2.33. The molecule has 19 heavy (non-hydrogen) atoms. The Balaban J connectivity index is 2.42.